The molecule has 0 heterocycles. The van der Waals surface area contributed by atoms with Gasteiger partial charge in [0.15, 0.2) is 0 Å². The van der Waals surface area contributed by atoms with Crippen molar-refractivity contribution < 1.29 is 24.1 Å². The van der Waals surface area contributed by atoms with Gasteiger partial charge in [-0.05, 0) is 34.7 Å². The summed E-state index contributed by atoms with van der Waals surface area (Å²) >= 11 is 0. The van der Waals surface area contributed by atoms with Crippen LogP contribution in [0.3, 0.4) is 0 Å². The Kier molecular flexibility index (Phi) is 6.39. The van der Waals surface area contributed by atoms with Crippen LogP contribution in [0, 0.1) is 5.82 Å². The quantitative estimate of drug-likeness (QED) is 0.423. The van der Waals surface area contributed by atoms with Crippen molar-refractivity contribution in [3.8, 4) is 11.1 Å². The van der Waals surface area contributed by atoms with Crippen molar-refractivity contribution in [3.05, 3.63) is 89.2 Å². The minimum atomic E-state index is -1.37. The fourth-order valence-electron chi connectivity index (χ4n) is 4.15. The van der Waals surface area contributed by atoms with Crippen LogP contribution in [0.2, 0.25) is 0 Å². The number of alkyl carbamates (subject to hydrolysis) is 1. The molecule has 32 heavy (non-hydrogen) atoms. The van der Waals surface area contributed by atoms with E-state index in [0.29, 0.717) is 0 Å². The molecular formula is C25H25FN2O4. The molecule has 2 atom stereocenters. The van der Waals surface area contributed by atoms with E-state index in [0.717, 1.165) is 22.3 Å². The number of benzene rings is 3. The first-order chi connectivity index (χ1) is 15.5. The first-order valence-corrected chi connectivity index (χ1v) is 10.5. The summed E-state index contributed by atoms with van der Waals surface area (Å²) in [5.41, 5.74) is 10.1. The Morgan fingerprint density at radius 2 is 1.62 bits per heavy atom. The summed E-state index contributed by atoms with van der Waals surface area (Å²) in [5, 5.41) is 23.0. The second kappa shape index (κ2) is 9.38. The third-order valence-electron chi connectivity index (χ3n) is 5.82. The van der Waals surface area contributed by atoms with Crippen LogP contribution in [0.15, 0.2) is 66.7 Å². The largest absolute Gasteiger partial charge is 0.449 e. The van der Waals surface area contributed by atoms with Gasteiger partial charge in [-0.25, -0.2) is 9.18 Å². The number of rotatable bonds is 7. The first kappa shape index (κ1) is 21.8. The van der Waals surface area contributed by atoms with Gasteiger partial charge in [-0.15, -0.1) is 0 Å². The van der Waals surface area contributed by atoms with E-state index in [1.54, 1.807) is 0 Å². The molecule has 0 fully saturated rings. The Hall–Kier alpha value is -3.42. The van der Waals surface area contributed by atoms with E-state index in [1.807, 2.05) is 36.4 Å². The number of carbonyl (C=O) groups excluding carboxylic acids is 1. The van der Waals surface area contributed by atoms with Crippen molar-refractivity contribution >= 4 is 11.8 Å². The van der Waals surface area contributed by atoms with Crippen LogP contribution in [0.5, 0.6) is 0 Å². The zero-order chi connectivity index (χ0) is 22.7. The summed E-state index contributed by atoms with van der Waals surface area (Å²) < 4.78 is 19.0. The van der Waals surface area contributed by atoms with Gasteiger partial charge in [0.25, 0.3) is 0 Å². The van der Waals surface area contributed by atoms with Gasteiger partial charge >= 0.3 is 6.09 Å². The third-order valence-corrected chi connectivity index (χ3v) is 5.82. The van der Waals surface area contributed by atoms with Gasteiger partial charge in [-0.1, -0.05) is 60.7 Å². The van der Waals surface area contributed by atoms with E-state index in [-0.39, 0.29) is 36.7 Å². The molecule has 166 valence electrons. The number of halogens is 1. The van der Waals surface area contributed by atoms with Crippen LogP contribution in [0.1, 0.15) is 35.1 Å². The monoisotopic (exact) mass is 436 g/mol. The third kappa shape index (κ3) is 4.30. The standard InChI is InChI=1S/C25H25FN2O4/c26-21-11-5-10-19(23(21)27)24(30)22(29)12-13-28-25(31)32-14-20-17-8-3-1-6-15(17)16-7-2-4-9-18(16)20/h1-11,20,22,24,29-30H,12-14,27H2,(H,28,31). The highest BCUT2D eigenvalue weighted by Gasteiger charge is 2.29. The number of hydrogen-bond donors (Lipinski definition) is 4. The summed E-state index contributed by atoms with van der Waals surface area (Å²) in [5.74, 6) is -0.706. The van der Waals surface area contributed by atoms with Crippen molar-refractivity contribution in [2.24, 2.45) is 0 Å². The number of hydrogen-bond acceptors (Lipinski definition) is 5. The van der Waals surface area contributed by atoms with Gasteiger partial charge in [0.1, 0.15) is 18.5 Å². The van der Waals surface area contributed by atoms with E-state index in [1.165, 1.54) is 18.2 Å². The minimum Gasteiger partial charge on any atom is -0.449 e. The topological polar surface area (TPSA) is 105 Å². The first-order valence-electron chi connectivity index (χ1n) is 10.5. The predicted octanol–water partition coefficient (Wildman–Crippen LogP) is 3.73. The molecular weight excluding hydrogens is 411 g/mol. The van der Waals surface area contributed by atoms with Gasteiger partial charge in [-0.2, -0.15) is 0 Å². The second-order valence-corrected chi connectivity index (χ2v) is 7.80. The number of amides is 1. The van der Waals surface area contributed by atoms with Crippen LogP contribution in [-0.2, 0) is 4.74 Å². The van der Waals surface area contributed by atoms with Crippen molar-refractivity contribution in [2.75, 3.05) is 18.9 Å². The van der Waals surface area contributed by atoms with E-state index in [9.17, 15) is 19.4 Å². The number of nitrogens with two attached hydrogens (primary N) is 1. The van der Waals surface area contributed by atoms with Gasteiger partial charge in [0.2, 0.25) is 0 Å². The number of fused-ring (bicyclic) bond motifs is 3. The van der Waals surface area contributed by atoms with Crippen LogP contribution in [0.25, 0.3) is 11.1 Å². The normalized spacial score (nSPS) is 14.3. The molecule has 3 aromatic carbocycles. The molecule has 4 rings (SSSR count). The SMILES string of the molecule is Nc1c(F)cccc1C(O)C(O)CCNC(=O)OCC1c2ccccc2-c2ccccc21. The molecule has 5 N–H and O–H groups in total. The molecule has 0 radical (unpaired) electrons. The molecule has 1 aliphatic rings. The Balaban J connectivity index is 1.29. The average Bonchev–Trinajstić information content (AvgIpc) is 3.13. The molecule has 7 heteroatoms. The van der Waals surface area contributed by atoms with E-state index < -0.39 is 24.1 Å². The Morgan fingerprint density at radius 3 is 2.28 bits per heavy atom. The van der Waals surface area contributed by atoms with Crippen LogP contribution >= 0.6 is 0 Å². The van der Waals surface area contributed by atoms with Crippen molar-refractivity contribution in [3.63, 3.8) is 0 Å². The van der Waals surface area contributed by atoms with Crippen molar-refractivity contribution in [2.45, 2.75) is 24.5 Å². The molecule has 0 aliphatic heterocycles. The smallest absolute Gasteiger partial charge is 0.407 e. The predicted molar refractivity (Wildman–Crippen MR) is 119 cm³/mol. The summed E-state index contributed by atoms with van der Waals surface area (Å²) in [4.78, 5) is 12.2. The molecule has 0 bridgehead atoms. The minimum absolute atomic E-state index is 0.0430. The zero-order valence-electron chi connectivity index (χ0n) is 17.4. The van der Waals surface area contributed by atoms with E-state index in [2.05, 4.69) is 17.4 Å². The Bertz CT molecular complexity index is 1080. The maximum atomic E-state index is 13.6. The maximum Gasteiger partial charge on any atom is 0.407 e. The van der Waals surface area contributed by atoms with Crippen LogP contribution in [0.4, 0.5) is 14.9 Å². The van der Waals surface area contributed by atoms with Crippen LogP contribution < -0.4 is 11.1 Å². The van der Waals surface area contributed by atoms with Gasteiger partial charge in [0, 0.05) is 18.0 Å². The lowest BCUT2D eigenvalue weighted by molar-refractivity contribution is 0.0139. The highest BCUT2D eigenvalue weighted by Crippen LogP contribution is 2.44. The molecule has 1 amide bonds. The van der Waals surface area contributed by atoms with Crippen molar-refractivity contribution in [1.82, 2.24) is 5.32 Å². The Morgan fingerprint density at radius 1 is 1.00 bits per heavy atom. The fourth-order valence-corrected chi connectivity index (χ4v) is 4.15. The summed E-state index contributed by atoms with van der Waals surface area (Å²) in [6, 6.07) is 20.2. The van der Waals surface area contributed by atoms with Crippen molar-refractivity contribution in [1.29, 1.82) is 0 Å². The summed E-state index contributed by atoms with van der Waals surface area (Å²) in [6.07, 6.45) is -3.16. The van der Waals surface area contributed by atoms with E-state index >= 15 is 0 Å². The maximum absolute atomic E-state index is 13.6. The fraction of sp³-hybridized carbons (Fsp3) is 0.240. The number of anilines is 1. The molecule has 2 unspecified atom stereocenters. The van der Waals surface area contributed by atoms with E-state index in [4.69, 9.17) is 10.5 Å². The number of ether oxygens (including phenoxy) is 1. The zero-order valence-corrected chi connectivity index (χ0v) is 17.4. The molecule has 0 saturated heterocycles. The highest BCUT2D eigenvalue weighted by atomic mass is 19.1. The number of aliphatic hydroxyl groups excluding tert-OH is 2. The molecule has 0 aromatic heterocycles. The second-order valence-electron chi connectivity index (χ2n) is 7.80. The van der Waals surface area contributed by atoms with Crippen LogP contribution in [-0.4, -0.2) is 35.6 Å². The number of carbonyl (C=O) groups is 1. The van der Waals surface area contributed by atoms with Gasteiger partial charge in [-0.3, -0.25) is 0 Å². The molecule has 0 saturated carbocycles. The lowest BCUT2D eigenvalue weighted by Crippen LogP contribution is -2.31. The Labute approximate surface area is 185 Å². The number of aliphatic hydroxyl groups is 2. The number of nitrogen functional groups attached to an aromatic ring is 1. The lowest BCUT2D eigenvalue weighted by Gasteiger charge is -2.20. The summed E-state index contributed by atoms with van der Waals surface area (Å²) in [7, 11) is 0. The van der Waals surface area contributed by atoms with Gasteiger partial charge < -0.3 is 26.0 Å². The number of nitrogens with one attached hydrogen (secondary N) is 1. The molecule has 1 aliphatic carbocycles. The molecule has 0 spiro atoms. The van der Waals surface area contributed by atoms with Gasteiger partial charge in [0.05, 0.1) is 11.8 Å². The summed E-state index contributed by atoms with van der Waals surface area (Å²) in [6.45, 7) is 0.259. The number of para-hydroxylation sites is 1. The average molecular weight is 436 g/mol. The molecule has 6 nitrogen and oxygen atoms in total. The highest BCUT2D eigenvalue weighted by molar-refractivity contribution is 5.79. The lowest BCUT2D eigenvalue weighted by atomic mass is 9.98. The molecule has 3 aromatic rings.